The van der Waals surface area contributed by atoms with Crippen molar-refractivity contribution in [1.82, 2.24) is 10.2 Å². The van der Waals surface area contributed by atoms with Crippen LogP contribution in [0, 0.1) is 20.8 Å². The second-order valence-corrected chi connectivity index (χ2v) is 18.4. The highest BCUT2D eigenvalue weighted by Gasteiger charge is 2.36. The molecule has 0 spiro atoms. The highest BCUT2D eigenvalue weighted by molar-refractivity contribution is 9.08. The standard InChI is InChI=1S/C15H15BrN2O3S.C12H12N2O3S2.C11H9F3N4O3S2/c1-9-3-5-10(6-4-9)17-15(20)18-12-7-11(8-16)22-13(12)14(19)21-2;1-7-6-8(10(19-7)11(15)17-2)13-12(16)14-9-4-3-5-18-9;1-4-3-5(6(22-4)7(19)21-2)15-9(20)16-10-18-17-8(23-10)11(12,13)14/h3-7H,8H2,1-2H3,(H2,17,18,20);3-6H,1-2H3,(H2,13,14,16);3H,1-2H3,(H2,15,16,18,20). The van der Waals surface area contributed by atoms with Gasteiger partial charge in [0, 0.05) is 25.6 Å². The molecule has 5 heterocycles. The fourth-order valence-corrected chi connectivity index (χ4v) is 9.10. The molecule has 6 aromatic rings. The fourth-order valence-electron chi connectivity index (χ4n) is 4.72. The Bertz CT molecular complexity index is 2580. The smallest absolute Gasteiger partial charge is 0.445 e. The molecule has 6 amide bonds. The van der Waals surface area contributed by atoms with Gasteiger partial charge in [0.25, 0.3) is 0 Å². The average molecular weight is 1050 g/mol. The first kappa shape index (κ1) is 50.7. The largest absolute Gasteiger partial charge is 0.465 e. The number of urea groups is 3. The maximum atomic E-state index is 12.4. The zero-order chi connectivity index (χ0) is 47.1. The van der Waals surface area contributed by atoms with Crippen LogP contribution in [0.15, 0.2) is 60.0 Å². The molecular formula is C38H36BrF3N8O9S5. The molecule has 0 aliphatic heterocycles. The van der Waals surface area contributed by atoms with Gasteiger partial charge in [-0.2, -0.15) is 13.2 Å². The van der Waals surface area contributed by atoms with Gasteiger partial charge in [-0.15, -0.1) is 55.5 Å². The van der Waals surface area contributed by atoms with Crippen LogP contribution in [0.1, 0.15) is 54.2 Å². The molecule has 0 unspecified atom stereocenters. The van der Waals surface area contributed by atoms with Crippen LogP contribution < -0.4 is 31.9 Å². The Labute approximate surface area is 390 Å². The predicted octanol–water partition coefficient (Wildman–Crippen LogP) is 11.3. The van der Waals surface area contributed by atoms with Crippen molar-refractivity contribution in [2.24, 2.45) is 0 Å². The van der Waals surface area contributed by atoms with E-state index in [2.05, 4.69) is 67.5 Å². The summed E-state index contributed by atoms with van der Waals surface area (Å²) in [5, 5.41) is 23.1. The lowest BCUT2D eigenvalue weighted by Gasteiger charge is -2.08. The van der Waals surface area contributed by atoms with E-state index in [0.717, 1.165) is 36.5 Å². The number of nitrogens with zero attached hydrogens (tertiary/aromatic N) is 2. The van der Waals surface area contributed by atoms with Gasteiger partial charge < -0.3 is 35.5 Å². The van der Waals surface area contributed by atoms with Crippen LogP contribution in [-0.2, 0) is 25.7 Å². The van der Waals surface area contributed by atoms with E-state index in [-0.39, 0.29) is 33.1 Å². The van der Waals surface area contributed by atoms with E-state index in [0.29, 0.717) is 32.1 Å². The molecule has 0 aliphatic rings. The predicted molar refractivity (Wildman–Crippen MR) is 247 cm³/mol. The number of hydrogen-bond acceptors (Lipinski definition) is 16. The summed E-state index contributed by atoms with van der Waals surface area (Å²) in [5.41, 5.74) is 2.88. The van der Waals surface area contributed by atoms with E-state index in [1.807, 2.05) is 49.6 Å². The molecule has 0 saturated heterocycles. The van der Waals surface area contributed by atoms with Crippen molar-refractivity contribution in [3.05, 3.63) is 99.8 Å². The third-order valence-corrected chi connectivity index (χ3v) is 13.3. The second-order valence-electron chi connectivity index (χ2n) is 12.3. The molecule has 0 atom stereocenters. The SMILES string of the molecule is COC(=O)c1sc(C)cc1NC(=O)Nc1cccs1.COC(=O)c1sc(C)cc1NC(=O)Nc1nnc(C(F)(F)F)s1.COC(=O)c1sc(CBr)cc1NC(=O)Nc1ccc(C)cc1. The van der Waals surface area contributed by atoms with Gasteiger partial charge in [0.1, 0.15) is 14.6 Å². The number of rotatable bonds is 10. The zero-order valence-electron chi connectivity index (χ0n) is 34.1. The molecular weight excluding hydrogens is 1010 g/mol. The van der Waals surface area contributed by atoms with E-state index in [9.17, 15) is 41.9 Å². The quantitative estimate of drug-likeness (QED) is 0.0429. The van der Waals surface area contributed by atoms with Gasteiger partial charge in [-0.05, 0) is 68.6 Å². The van der Waals surface area contributed by atoms with Crippen LogP contribution in [0.4, 0.5) is 60.4 Å². The molecule has 1 aromatic carbocycles. The maximum Gasteiger partial charge on any atom is 0.445 e. The Morgan fingerprint density at radius 2 is 1.11 bits per heavy atom. The van der Waals surface area contributed by atoms with Crippen LogP contribution in [0.25, 0.3) is 0 Å². The monoisotopic (exact) mass is 1040 g/mol. The number of aromatic nitrogens is 2. The lowest BCUT2D eigenvalue weighted by Crippen LogP contribution is -2.20. The molecule has 6 rings (SSSR count). The molecule has 0 bridgehead atoms. The number of halogens is 4. The molecule has 17 nitrogen and oxygen atoms in total. The molecule has 340 valence electrons. The number of esters is 3. The summed E-state index contributed by atoms with van der Waals surface area (Å²) in [6.45, 7) is 5.56. The summed E-state index contributed by atoms with van der Waals surface area (Å²) in [5.74, 6) is -1.55. The topological polar surface area (TPSA) is 228 Å². The van der Waals surface area contributed by atoms with E-state index in [4.69, 9.17) is 4.74 Å². The van der Waals surface area contributed by atoms with E-state index in [1.165, 1.54) is 61.4 Å². The van der Waals surface area contributed by atoms with E-state index < -0.39 is 41.2 Å². The molecule has 0 radical (unpaired) electrons. The number of alkyl halides is 4. The Balaban J connectivity index is 0.000000211. The van der Waals surface area contributed by atoms with Crippen molar-refractivity contribution in [2.45, 2.75) is 32.3 Å². The number of anilines is 6. The summed E-state index contributed by atoms with van der Waals surface area (Å²) < 4.78 is 51.2. The minimum atomic E-state index is -4.63. The van der Waals surface area contributed by atoms with Crippen LogP contribution in [0.3, 0.4) is 0 Å². The summed E-state index contributed by atoms with van der Waals surface area (Å²) in [6, 6.07) is 14.5. The van der Waals surface area contributed by atoms with Crippen molar-refractivity contribution < 1.29 is 56.1 Å². The van der Waals surface area contributed by atoms with Gasteiger partial charge in [0.2, 0.25) is 10.1 Å². The molecule has 64 heavy (non-hydrogen) atoms. The third kappa shape index (κ3) is 15.1. The number of aryl methyl sites for hydroxylation is 3. The van der Waals surface area contributed by atoms with Gasteiger partial charge in [-0.25, -0.2) is 28.8 Å². The van der Waals surface area contributed by atoms with Crippen molar-refractivity contribution in [1.29, 1.82) is 0 Å². The lowest BCUT2D eigenvalue weighted by atomic mass is 10.2. The molecule has 0 aliphatic carbocycles. The van der Waals surface area contributed by atoms with Crippen LogP contribution in [0.2, 0.25) is 0 Å². The minimum absolute atomic E-state index is 0.174. The van der Waals surface area contributed by atoms with Gasteiger partial charge in [-0.1, -0.05) is 45.0 Å². The number of carbonyl (C=O) groups is 6. The van der Waals surface area contributed by atoms with Crippen molar-refractivity contribution in [2.75, 3.05) is 53.2 Å². The molecule has 26 heteroatoms. The number of methoxy groups -OCH3 is 3. The van der Waals surface area contributed by atoms with Gasteiger partial charge in [0.15, 0.2) is 0 Å². The highest BCUT2D eigenvalue weighted by Crippen LogP contribution is 2.34. The van der Waals surface area contributed by atoms with Gasteiger partial charge in [0.05, 0.1) is 43.4 Å². The van der Waals surface area contributed by atoms with E-state index >= 15 is 0 Å². The Morgan fingerprint density at radius 1 is 0.625 bits per heavy atom. The average Bonchev–Trinajstić information content (AvgIpc) is 4.11. The first-order chi connectivity index (χ1) is 30.3. The highest BCUT2D eigenvalue weighted by atomic mass is 79.9. The maximum absolute atomic E-state index is 12.4. The number of amides is 6. The van der Waals surface area contributed by atoms with Crippen molar-refractivity contribution >= 4 is 141 Å². The lowest BCUT2D eigenvalue weighted by molar-refractivity contribution is -0.138. The van der Waals surface area contributed by atoms with E-state index in [1.54, 1.807) is 25.1 Å². The summed E-state index contributed by atoms with van der Waals surface area (Å²) in [6.07, 6.45) is -4.63. The van der Waals surface area contributed by atoms with Crippen molar-refractivity contribution in [3.63, 3.8) is 0 Å². The second kappa shape index (κ2) is 23.7. The Hall–Kier alpha value is -5.93. The zero-order valence-corrected chi connectivity index (χ0v) is 39.8. The first-order valence-corrected chi connectivity index (χ1v) is 23.0. The number of hydrogen-bond donors (Lipinski definition) is 6. The number of benzene rings is 1. The molecule has 0 fully saturated rings. The van der Waals surface area contributed by atoms with Gasteiger partial charge >= 0.3 is 42.2 Å². The number of carbonyl (C=O) groups excluding carboxylic acids is 6. The Morgan fingerprint density at radius 3 is 1.56 bits per heavy atom. The van der Waals surface area contributed by atoms with Crippen LogP contribution in [-0.4, -0.2) is 67.5 Å². The molecule has 0 saturated carbocycles. The minimum Gasteiger partial charge on any atom is -0.465 e. The Kier molecular flexibility index (Phi) is 18.8. The number of nitrogens with one attached hydrogen (secondary N) is 6. The normalized spacial score (nSPS) is 10.5. The first-order valence-electron chi connectivity index (χ1n) is 17.7. The number of thiophene rings is 4. The number of ether oxygens (including phenoxy) is 3. The summed E-state index contributed by atoms with van der Waals surface area (Å²) >= 11 is 8.62. The van der Waals surface area contributed by atoms with Crippen molar-refractivity contribution in [3.8, 4) is 0 Å². The molecule has 5 aromatic heterocycles. The fraction of sp³-hybridized carbons (Fsp3) is 0.211. The van der Waals surface area contributed by atoms with Crippen LogP contribution in [0.5, 0.6) is 0 Å². The summed E-state index contributed by atoms with van der Waals surface area (Å²) in [7, 11) is 3.82. The van der Waals surface area contributed by atoms with Crippen LogP contribution >= 0.6 is 72.6 Å². The molecule has 6 N–H and O–H groups in total. The van der Waals surface area contributed by atoms with Gasteiger partial charge in [-0.3, -0.25) is 10.6 Å². The third-order valence-electron chi connectivity index (χ3n) is 7.44. The summed E-state index contributed by atoms with van der Waals surface area (Å²) in [4.78, 5) is 74.0.